The number of carbonyl (C=O) groups excluding carboxylic acids is 1. The van der Waals surface area contributed by atoms with Crippen molar-refractivity contribution in [3.05, 3.63) is 29.7 Å². The average molecular weight is 325 g/mol. The lowest BCUT2D eigenvalue weighted by molar-refractivity contribution is -0.113. The van der Waals surface area contributed by atoms with Gasteiger partial charge in [-0.1, -0.05) is 5.10 Å². The van der Waals surface area contributed by atoms with Gasteiger partial charge in [0.2, 0.25) is 5.95 Å². The molecule has 0 saturated carbocycles. The number of carbonyl (C=O) groups is 1. The van der Waals surface area contributed by atoms with E-state index in [9.17, 15) is 4.79 Å². The molecule has 0 spiro atoms. The van der Waals surface area contributed by atoms with Gasteiger partial charge in [0.25, 0.3) is 5.91 Å². The van der Waals surface area contributed by atoms with Crippen molar-refractivity contribution in [2.75, 3.05) is 17.3 Å². The summed E-state index contributed by atoms with van der Waals surface area (Å²) >= 11 is 0. The van der Waals surface area contributed by atoms with Crippen molar-refractivity contribution in [1.82, 2.24) is 35.4 Å². The van der Waals surface area contributed by atoms with Crippen molar-refractivity contribution in [3.63, 3.8) is 0 Å². The molecule has 122 valence electrons. The third-order valence-electron chi connectivity index (χ3n) is 4.26. The summed E-state index contributed by atoms with van der Waals surface area (Å²) in [4.78, 5) is 18.8. The molecule has 3 aromatic rings. The van der Waals surface area contributed by atoms with Crippen LogP contribution in [0, 0.1) is 0 Å². The molecule has 2 N–H and O–H groups in total. The van der Waals surface area contributed by atoms with Crippen LogP contribution in [0.3, 0.4) is 0 Å². The van der Waals surface area contributed by atoms with Gasteiger partial charge in [-0.3, -0.25) is 9.89 Å². The zero-order valence-electron chi connectivity index (χ0n) is 13.3. The highest BCUT2D eigenvalue weighted by Gasteiger charge is 2.32. The number of pyridine rings is 1. The van der Waals surface area contributed by atoms with E-state index in [1.807, 2.05) is 20.9 Å². The van der Waals surface area contributed by atoms with Gasteiger partial charge >= 0.3 is 0 Å². The predicted molar refractivity (Wildman–Crippen MR) is 86.1 cm³/mol. The van der Waals surface area contributed by atoms with E-state index in [1.165, 1.54) is 0 Å². The molecule has 24 heavy (non-hydrogen) atoms. The first kappa shape index (κ1) is 14.3. The number of aromatic nitrogens is 7. The summed E-state index contributed by atoms with van der Waals surface area (Å²) in [6.45, 7) is 3.76. The lowest BCUT2D eigenvalue weighted by Crippen LogP contribution is -2.34. The van der Waals surface area contributed by atoms with Crippen molar-refractivity contribution < 1.29 is 4.79 Å². The molecular weight excluding hydrogens is 310 g/mol. The molecule has 0 aliphatic carbocycles. The molecule has 3 aromatic heterocycles. The first-order valence-electron chi connectivity index (χ1n) is 7.39. The second kappa shape index (κ2) is 5.11. The Labute approximate surface area is 136 Å². The number of fused-ring (bicyclic) bond motifs is 2. The summed E-state index contributed by atoms with van der Waals surface area (Å²) in [7, 11) is 1.83. The van der Waals surface area contributed by atoms with E-state index in [2.05, 4.69) is 36.0 Å². The molecule has 4 heterocycles. The number of amides is 1. The zero-order chi connectivity index (χ0) is 16.8. The Morgan fingerprint density at radius 3 is 3.04 bits per heavy atom. The standard InChI is InChI=1S/C14H15N9O/c1-7-12(8(2)23-14(22(7)3)19-20-21-23)13(24)17-11-4-9-5-16-18-10(9)6-15-11/h4-6,8H,1-3H3,(H,16,18)(H,15,17,24). The molecule has 1 aliphatic heterocycles. The fourth-order valence-corrected chi connectivity index (χ4v) is 2.86. The predicted octanol–water partition coefficient (Wildman–Crippen LogP) is 0.868. The van der Waals surface area contributed by atoms with E-state index in [4.69, 9.17) is 0 Å². The van der Waals surface area contributed by atoms with Gasteiger partial charge in [0, 0.05) is 18.1 Å². The van der Waals surface area contributed by atoms with Crippen molar-refractivity contribution in [2.24, 2.45) is 0 Å². The summed E-state index contributed by atoms with van der Waals surface area (Å²) in [5, 5.41) is 22.1. The van der Waals surface area contributed by atoms with Crippen molar-refractivity contribution in [3.8, 4) is 0 Å². The van der Waals surface area contributed by atoms with Gasteiger partial charge in [0.05, 0.1) is 29.5 Å². The number of nitrogens with zero attached hydrogens (tertiary/aromatic N) is 7. The molecule has 1 atom stereocenters. The lowest BCUT2D eigenvalue weighted by atomic mass is 10.0. The van der Waals surface area contributed by atoms with Crippen molar-refractivity contribution in [2.45, 2.75) is 19.9 Å². The highest BCUT2D eigenvalue weighted by Crippen LogP contribution is 2.32. The molecule has 0 fully saturated rings. The molecular formula is C14H15N9O. The smallest absolute Gasteiger partial charge is 0.256 e. The van der Waals surface area contributed by atoms with E-state index >= 15 is 0 Å². The Balaban J connectivity index is 1.67. The second-order valence-electron chi connectivity index (χ2n) is 5.64. The molecule has 4 rings (SSSR count). The zero-order valence-corrected chi connectivity index (χ0v) is 13.3. The number of nitrogens with one attached hydrogen (secondary N) is 2. The molecule has 0 bridgehead atoms. The summed E-state index contributed by atoms with van der Waals surface area (Å²) in [6, 6.07) is 1.50. The quantitative estimate of drug-likeness (QED) is 0.717. The van der Waals surface area contributed by atoms with Crippen LogP contribution in [0.2, 0.25) is 0 Å². The molecule has 0 saturated heterocycles. The Bertz CT molecular complexity index is 969. The lowest BCUT2D eigenvalue weighted by Gasteiger charge is -2.30. The van der Waals surface area contributed by atoms with Crippen LogP contribution in [0.5, 0.6) is 0 Å². The van der Waals surface area contributed by atoms with Gasteiger partial charge in [-0.2, -0.15) is 5.10 Å². The van der Waals surface area contributed by atoms with Gasteiger partial charge in [-0.15, -0.1) is 0 Å². The van der Waals surface area contributed by atoms with Crippen LogP contribution in [0.1, 0.15) is 19.9 Å². The number of aromatic amines is 1. The van der Waals surface area contributed by atoms with E-state index in [0.717, 1.165) is 16.6 Å². The highest BCUT2D eigenvalue weighted by atomic mass is 16.1. The fraction of sp³-hybridized carbons (Fsp3) is 0.286. The maximum absolute atomic E-state index is 12.8. The largest absolute Gasteiger partial charge is 0.316 e. The number of H-pyrrole nitrogens is 1. The van der Waals surface area contributed by atoms with Gasteiger partial charge in [0.15, 0.2) is 0 Å². The molecule has 10 nitrogen and oxygen atoms in total. The number of allylic oxidation sites excluding steroid dienone is 1. The van der Waals surface area contributed by atoms with Gasteiger partial charge in [-0.05, 0) is 30.3 Å². The summed E-state index contributed by atoms with van der Waals surface area (Å²) in [6.07, 6.45) is 3.32. The number of anilines is 2. The van der Waals surface area contributed by atoms with Crippen LogP contribution in [-0.2, 0) is 4.79 Å². The number of hydrogen-bond donors (Lipinski definition) is 2. The molecule has 1 amide bonds. The molecule has 1 unspecified atom stereocenters. The van der Waals surface area contributed by atoms with Crippen molar-refractivity contribution in [1.29, 1.82) is 0 Å². The average Bonchev–Trinajstić information content (AvgIpc) is 3.21. The Kier molecular flexibility index (Phi) is 3.05. The third kappa shape index (κ3) is 2.03. The highest BCUT2D eigenvalue weighted by molar-refractivity contribution is 6.05. The summed E-state index contributed by atoms with van der Waals surface area (Å²) in [5.41, 5.74) is 2.20. The fourth-order valence-electron chi connectivity index (χ4n) is 2.86. The molecule has 0 radical (unpaired) electrons. The Hall–Kier alpha value is -3.30. The Morgan fingerprint density at radius 1 is 1.38 bits per heavy atom. The first-order valence-corrected chi connectivity index (χ1v) is 7.39. The van der Waals surface area contributed by atoms with E-state index < -0.39 is 0 Å². The van der Waals surface area contributed by atoms with E-state index in [0.29, 0.717) is 17.3 Å². The van der Waals surface area contributed by atoms with E-state index in [-0.39, 0.29) is 11.9 Å². The number of hydrogen-bond acceptors (Lipinski definition) is 7. The SMILES string of the molecule is CC1=C(C(=O)Nc2cc3cn[nH]c3cn2)C(C)n2nnnc2N1C. The maximum atomic E-state index is 12.8. The van der Waals surface area contributed by atoms with Crippen LogP contribution in [0.4, 0.5) is 11.8 Å². The maximum Gasteiger partial charge on any atom is 0.256 e. The van der Waals surface area contributed by atoms with Crippen LogP contribution >= 0.6 is 0 Å². The summed E-state index contributed by atoms with van der Waals surface area (Å²) < 4.78 is 1.62. The van der Waals surface area contributed by atoms with Crippen molar-refractivity contribution >= 4 is 28.6 Å². The molecule has 0 aromatic carbocycles. The topological polar surface area (TPSA) is 118 Å². The van der Waals surface area contributed by atoms with E-state index in [1.54, 1.807) is 28.0 Å². The van der Waals surface area contributed by atoms with Gasteiger partial charge < -0.3 is 10.2 Å². The first-order chi connectivity index (χ1) is 11.6. The Morgan fingerprint density at radius 2 is 2.21 bits per heavy atom. The summed E-state index contributed by atoms with van der Waals surface area (Å²) in [5.74, 6) is 0.837. The minimum absolute atomic E-state index is 0.233. The molecule has 10 heteroatoms. The van der Waals surface area contributed by atoms with Crippen LogP contribution in [0.15, 0.2) is 29.7 Å². The minimum atomic E-state index is -0.274. The monoisotopic (exact) mass is 325 g/mol. The second-order valence-corrected chi connectivity index (χ2v) is 5.64. The van der Waals surface area contributed by atoms with Crippen LogP contribution in [0.25, 0.3) is 10.9 Å². The van der Waals surface area contributed by atoms with Gasteiger partial charge in [0.1, 0.15) is 5.82 Å². The molecule has 1 aliphatic rings. The number of tetrazole rings is 1. The van der Waals surface area contributed by atoms with Gasteiger partial charge in [-0.25, -0.2) is 9.67 Å². The number of rotatable bonds is 2. The third-order valence-corrected chi connectivity index (χ3v) is 4.26. The van der Waals surface area contributed by atoms with Crippen LogP contribution < -0.4 is 10.2 Å². The van der Waals surface area contributed by atoms with Crippen LogP contribution in [-0.4, -0.2) is 48.3 Å². The minimum Gasteiger partial charge on any atom is -0.316 e. The normalized spacial score (nSPS) is 17.3.